The zero-order valence-electron chi connectivity index (χ0n) is 22.8. The summed E-state index contributed by atoms with van der Waals surface area (Å²) in [6.07, 6.45) is 0.404. The van der Waals surface area contributed by atoms with Gasteiger partial charge in [-0.1, -0.05) is 51.1 Å². The number of rotatable bonds is 10. The van der Waals surface area contributed by atoms with Crippen LogP contribution in [0.15, 0.2) is 51.7 Å². The van der Waals surface area contributed by atoms with Crippen LogP contribution in [0.1, 0.15) is 33.3 Å². The van der Waals surface area contributed by atoms with Gasteiger partial charge < -0.3 is 19.5 Å². The first-order valence-electron chi connectivity index (χ1n) is 12.6. The van der Waals surface area contributed by atoms with Crippen LogP contribution in [-0.4, -0.2) is 44.0 Å². The quantitative estimate of drug-likeness (QED) is 0.383. The first-order valence-corrected chi connectivity index (χ1v) is 15.5. The molecule has 2 atom stereocenters. The second kappa shape index (κ2) is 11.5. The van der Waals surface area contributed by atoms with Crippen molar-refractivity contribution in [1.29, 1.82) is 5.26 Å². The zero-order chi connectivity index (χ0) is 27.4. The molecule has 9 heteroatoms. The van der Waals surface area contributed by atoms with Crippen LogP contribution in [0.5, 0.6) is 0 Å². The van der Waals surface area contributed by atoms with Crippen molar-refractivity contribution in [1.82, 2.24) is 15.2 Å². The van der Waals surface area contributed by atoms with Crippen molar-refractivity contribution in [2.75, 3.05) is 13.1 Å². The molecule has 1 aromatic heterocycles. The van der Waals surface area contributed by atoms with Gasteiger partial charge in [0.05, 0.1) is 24.2 Å². The van der Waals surface area contributed by atoms with Gasteiger partial charge in [0.1, 0.15) is 6.04 Å². The number of aromatic nitrogens is 1. The molecule has 1 amide bonds. The molecule has 0 bridgehead atoms. The minimum atomic E-state index is -1.86. The van der Waals surface area contributed by atoms with Gasteiger partial charge in [0.15, 0.2) is 13.9 Å². The minimum Gasteiger partial charge on any atom is -0.413 e. The molecule has 0 aliphatic carbocycles. The summed E-state index contributed by atoms with van der Waals surface area (Å²) >= 11 is 0. The second-order valence-electron chi connectivity index (χ2n) is 11.1. The van der Waals surface area contributed by atoms with Crippen molar-refractivity contribution in [2.45, 2.75) is 64.4 Å². The smallest absolute Gasteiger partial charge is 0.413 e. The summed E-state index contributed by atoms with van der Waals surface area (Å²) in [5, 5.41) is 15.6. The van der Waals surface area contributed by atoms with E-state index >= 15 is 0 Å². The molecular weight excluding hydrogens is 484 g/mol. The fourth-order valence-corrected chi connectivity index (χ4v) is 5.30. The van der Waals surface area contributed by atoms with Crippen LogP contribution in [0.4, 0.5) is 0 Å². The highest BCUT2D eigenvalue weighted by molar-refractivity contribution is 6.74. The van der Waals surface area contributed by atoms with Gasteiger partial charge in [-0.2, -0.15) is 5.26 Å². The first-order chi connectivity index (χ1) is 17.3. The Morgan fingerprint density at radius 1 is 1.16 bits per heavy atom. The Kier molecular flexibility index (Phi) is 8.79. The van der Waals surface area contributed by atoms with Crippen molar-refractivity contribution < 1.29 is 13.6 Å². The molecule has 3 rings (SSSR count). The Balaban J connectivity index is 1.51. The van der Waals surface area contributed by atoms with Crippen molar-refractivity contribution in [3.05, 3.63) is 58.6 Å². The number of hydrogen-bond acceptors (Lipinski definition) is 6. The number of amides is 1. The summed E-state index contributed by atoms with van der Waals surface area (Å²) in [5.41, 5.74) is 4.16. The Labute approximate surface area is 219 Å². The molecule has 1 unspecified atom stereocenters. The number of nitrogens with one attached hydrogen (secondary N) is 2. The van der Waals surface area contributed by atoms with Gasteiger partial charge >= 0.3 is 5.76 Å². The van der Waals surface area contributed by atoms with Crippen LogP contribution in [0.2, 0.25) is 18.1 Å². The number of carbonyl (C=O) groups is 1. The number of benzene rings is 2. The Morgan fingerprint density at radius 2 is 1.81 bits per heavy atom. The molecule has 2 aromatic carbocycles. The van der Waals surface area contributed by atoms with Crippen LogP contribution in [0, 0.1) is 11.3 Å². The summed E-state index contributed by atoms with van der Waals surface area (Å²) in [5.74, 6) is -0.613. The maximum atomic E-state index is 12.4. The summed E-state index contributed by atoms with van der Waals surface area (Å²) in [4.78, 5) is 24.2. The summed E-state index contributed by atoms with van der Waals surface area (Å²) in [6.45, 7) is 13.7. The van der Waals surface area contributed by atoms with E-state index in [1.165, 1.54) is 4.57 Å². The SMILES string of the molecule is CC(CNCC(=O)N[C@H](C#N)Cc1ccc(-c2ccc3oc(=O)n(C)c3c2)cc1)O[Si](C)(C)C(C)(C)C. The van der Waals surface area contributed by atoms with E-state index in [1.54, 1.807) is 13.1 Å². The molecule has 0 saturated carbocycles. The number of hydrogen-bond donors (Lipinski definition) is 2. The van der Waals surface area contributed by atoms with Gasteiger partial charge in [-0.15, -0.1) is 0 Å². The standard InChI is InChI=1S/C28H38N4O4Si/c1-19(36-37(6,7)28(2,3)4)17-30-18-26(33)31-23(16-29)14-20-8-10-21(11-9-20)22-12-13-25-24(15-22)32(5)27(34)35-25/h8-13,15,19,23,30H,14,17-18H2,1-7H3,(H,31,33)/t19?,23-/m0/s1. The highest BCUT2D eigenvalue weighted by Gasteiger charge is 2.38. The molecule has 0 aliphatic heterocycles. The van der Waals surface area contributed by atoms with Gasteiger partial charge in [0.25, 0.3) is 0 Å². The van der Waals surface area contributed by atoms with E-state index < -0.39 is 20.1 Å². The van der Waals surface area contributed by atoms with E-state index in [0.29, 0.717) is 18.5 Å². The lowest BCUT2D eigenvalue weighted by atomic mass is 10.0. The molecule has 2 N–H and O–H groups in total. The first kappa shape index (κ1) is 28.4. The molecule has 37 heavy (non-hydrogen) atoms. The molecule has 0 radical (unpaired) electrons. The lowest BCUT2D eigenvalue weighted by Gasteiger charge is -2.38. The molecule has 8 nitrogen and oxygen atoms in total. The van der Waals surface area contributed by atoms with E-state index in [4.69, 9.17) is 8.84 Å². The van der Waals surface area contributed by atoms with Crippen LogP contribution < -0.4 is 16.4 Å². The molecule has 0 saturated heterocycles. The van der Waals surface area contributed by atoms with Crippen molar-refractivity contribution in [2.24, 2.45) is 7.05 Å². The summed E-state index contributed by atoms with van der Waals surface area (Å²) in [7, 11) is -0.184. The zero-order valence-corrected chi connectivity index (χ0v) is 23.8. The third-order valence-electron chi connectivity index (χ3n) is 7.03. The molecule has 0 spiro atoms. The highest BCUT2D eigenvalue weighted by atomic mass is 28.4. The number of aryl methyl sites for hydroxylation is 1. The monoisotopic (exact) mass is 522 g/mol. The third kappa shape index (κ3) is 7.19. The summed E-state index contributed by atoms with van der Waals surface area (Å²) in [6, 6.07) is 15.0. The fourth-order valence-electron chi connectivity index (χ4n) is 3.86. The number of fused-ring (bicyclic) bond motifs is 1. The van der Waals surface area contributed by atoms with E-state index in [1.807, 2.05) is 43.3 Å². The van der Waals surface area contributed by atoms with Crippen molar-refractivity contribution >= 4 is 25.3 Å². The Bertz CT molecular complexity index is 1330. The molecular formula is C28H38N4O4Si. The highest BCUT2D eigenvalue weighted by Crippen LogP contribution is 2.37. The molecule has 198 valence electrons. The lowest BCUT2D eigenvalue weighted by Crippen LogP contribution is -2.47. The lowest BCUT2D eigenvalue weighted by molar-refractivity contribution is -0.120. The predicted molar refractivity (Wildman–Crippen MR) is 149 cm³/mol. The average Bonchev–Trinajstić information content (AvgIpc) is 3.11. The van der Waals surface area contributed by atoms with E-state index in [9.17, 15) is 14.9 Å². The topological polar surface area (TPSA) is 109 Å². The maximum Gasteiger partial charge on any atom is 0.419 e. The molecule has 0 fully saturated rings. The molecule has 3 aromatic rings. The number of oxazole rings is 1. The normalized spacial score (nSPS) is 13.8. The van der Waals surface area contributed by atoms with Crippen LogP contribution in [-0.2, 0) is 22.7 Å². The van der Waals surface area contributed by atoms with Gasteiger partial charge in [-0.05, 0) is 53.9 Å². The number of carbonyl (C=O) groups excluding carboxylic acids is 1. The Hall–Kier alpha value is -3.19. The van der Waals surface area contributed by atoms with E-state index in [2.05, 4.69) is 50.6 Å². The average molecular weight is 523 g/mol. The van der Waals surface area contributed by atoms with Crippen LogP contribution in [0.25, 0.3) is 22.2 Å². The van der Waals surface area contributed by atoms with Crippen LogP contribution >= 0.6 is 0 Å². The van der Waals surface area contributed by atoms with Crippen molar-refractivity contribution in [3.63, 3.8) is 0 Å². The van der Waals surface area contributed by atoms with Gasteiger partial charge in [0, 0.05) is 20.0 Å². The van der Waals surface area contributed by atoms with Crippen molar-refractivity contribution in [3.8, 4) is 17.2 Å². The fraction of sp³-hybridized carbons (Fsp3) is 0.464. The number of nitriles is 1. The second-order valence-corrected chi connectivity index (χ2v) is 15.8. The third-order valence-corrected chi connectivity index (χ3v) is 11.6. The predicted octanol–water partition coefficient (Wildman–Crippen LogP) is 4.35. The maximum absolute atomic E-state index is 12.4. The van der Waals surface area contributed by atoms with E-state index in [-0.39, 0.29) is 23.6 Å². The Morgan fingerprint density at radius 3 is 2.43 bits per heavy atom. The molecule has 0 aliphatic rings. The summed E-state index contributed by atoms with van der Waals surface area (Å²) < 4.78 is 13.0. The molecule has 1 heterocycles. The number of nitrogens with zero attached hydrogens (tertiary/aromatic N) is 2. The van der Waals surface area contributed by atoms with Crippen LogP contribution in [0.3, 0.4) is 0 Å². The van der Waals surface area contributed by atoms with Gasteiger partial charge in [-0.25, -0.2) is 4.79 Å². The minimum absolute atomic E-state index is 0.00180. The van der Waals surface area contributed by atoms with E-state index in [0.717, 1.165) is 22.2 Å². The van der Waals surface area contributed by atoms with Gasteiger partial charge in [0.2, 0.25) is 5.91 Å². The largest absolute Gasteiger partial charge is 0.419 e. The van der Waals surface area contributed by atoms with Gasteiger partial charge in [-0.3, -0.25) is 9.36 Å².